The Morgan fingerprint density at radius 2 is 2.18 bits per heavy atom. The lowest BCUT2D eigenvalue weighted by Gasteiger charge is -2.11. The van der Waals surface area contributed by atoms with E-state index in [0.717, 1.165) is 12.8 Å². The third-order valence-electron chi connectivity index (χ3n) is 1.53. The lowest BCUT2D eigenvalue weighted by Crippen LogP contribution is -2.13. The zero-order valence-electron chi connectivity index (χ0n) is 7.42. The molecule has 0 aromatic carbocycles. The Morgan fingerprint density at radius 3 is 2.55 bits per heavy atom. The van der Waals surface area contributed by atoms with Gasteiger partial charge < -0.3 is 9.47 Å². The average molecular weight is 160 g/mol. The lowest BCUT2D eigenvalue weighted by atomic mass is 10.2. The molecule has 1 unspecified atom stereocenters. The van der Waals surface area contributed by atoms with Crippen molar-refractivity contribution < 1.29 is 14.3 Å². The molecule has 0 saturated carbocycles. The number of ether oxygens (including phenoxy) is 2. The van der Waals surface area contributed by atoms with E-state index in [9.17, 15) is 4.79 Å². The molecule has 0 aromatic rings. The summed E-state index contributed by atoms with van der Waals surface area (Å²) >= 11 is 0. The van der Waals surface area contributed by atoms with Crippen molar-refractivity contribution in [1.29, 1.82) is 0 Å². The largest absolute Gasteiger partial charge is 0.466 e. The lowest BCUT2D eigenvalue weighted by molar-refractivity contribution is -0.141. The number of methoxy groups -OCH3 is 1. The molecule has 0 saturated heterocycles. The molecular weight excluding hydrogens is 144 g/mol. The number of rotatable bonds is 5. The summed E-state index contributed by atoms with van der Waals surface area (Å²) in [7, 11) is 1.67. The van der Waals surface area contributed by atoms with Crippen LogP contribution in [-0.2, 0) is 14.3 Å². The van der Waals surface area contributed by atoms with Gasteiger partial charge in [0.05, 0.1) is 12.7 Å². The molecular formula is C8H16O3. The average Bonchev–Trinajstić information content (AvgIpc) is 1.98. The molecule has 0 aromatic heterocycles. The highest BCUT2D eigenvalue weighted by Gasteiger charge is 2.03. The van der Waals surface area contributed by atoms with Crippen molar-refractivity contribution in [2.24, 2.45) is 0 Å². The Hall–Kier alpha value is -0.570. The number of carbonyl (C=O) groups excluding carboxylic acids is 1. The number of carbonyl (C=O) groups is 1. The second-order valence-corrected chi connectivity index (χ2v) is 2.39. The Morgan fingerprint density at radius 1 is 1.55 bits per heavy atom. The highest BCUT2D eigenvalue weighted by atomic mass is 16.5. The van der Waals surface area contributed by atoms with E-state index >= 15 is 0 Å². The summed E-state index contributed by atoms with van der Waals surface area (Å²) in [6, 6.07) is 0. The summed E-state index contributed by atoms with van der Waals surface area (Å²) in [5.74, 6) is -0.226. The summed E-state index contributed by atoms with van der Waals surface area (Å²) in [5, 5.41) is 0. The number of hydrogen-bond acceptors (Lipinski definition) is 3. The standard InChI is InChI=1S/C8H16O3/c1-4-8(10-3)5-6-11-7(2)9/h8H,4-6H2,1-3H3. The Labute approximate surface area is 67.7 Å². The minimum absolute atomic E-state index is 0.217. The van der Waals surface area contributed by atoms with E-state index in [0.29, 0.717) is 6.61 Å². The van der Waals surface area contributed by atoms with Gasteiger partial charge in [0.1, 0.15) is 0 Å². The van der Waals surface area contributed by atoms with Gasteiger partial charge in [-0.25, -0.2) is 0 Å². The maximum atomic E-state index is 10.3. The maximum Gasteiger partial charge on any atom is 0.302 e. The van der Waals surface area contributed by atoms with Crippen LogP contribution in [0.2, 0.25) is 0 Å². The smallest absolute Gasteiger partial charge is 0.302 e. The first kappa shape index (κ1) is 10.4. The molecule has 0 amide bonds. The molecule has 0 radical (unpaired) electrons. The summed E-state index contributed by atoms with van der Waals surface area (Å²) in [6.07, 6.45) is 1.96. The normalized spacial score (nSPS) is 12.6. The minimum Gasteiger partial charge on any atom is -0.466 e. The van der Waals surface area contributed by atoms with E-state index in [2.05, 4.69) is 0 Å². The van der Waals surface area contributed by atoms with Gasteiger partial charge >= 0.3 is 5.97 Å². The molecule has 11 heavy (non-hydrogen) atoms. The fourth-order valence-corrected chi connectivity index (χ4v) is 0.823. The van der Waals surface area contributed by atoms with Gasteiger partial charge in [-0.3, -0.25) is 4.79 Å². The zero-order chi connectivity index (χ0) is 8.69. The van der Waals surface area contributed by atoms with E-state index in [1.807, 2.05) is 6.92 Å². The van der Waals surface area contributed by atoms with E-state index in [4.69, 9.17) is 9.47 Å². The van der Waals surface area contributed by atoms with Crippen molar-refractivity contribution in [2.45, 2.75) is 32.8 Å². The molecule has 1 atom stereocenters. The van der Waals surface area contributed by atoms with E-state index in [-0.39, 0.29) is 12.1 Å². The third kappa shape index (κ3) is 5.85. The van der Waals surface area contributed by atoms with E-state index in [1.165, 1.54) is 6.92 Å². The van der Waals surface area contributed by atoms with Crippen molar-refractivity contribution in [3.05, 3.63) is 0 Å². The SMILES string of the molecule is CCC(CCOC(C)=O)OC. The van der Waals surface area contributed by atoms with Crippen LogP contribution in [0, 0.1) is 0 Å². The first-order valence-electron chi connectivity index (χ1n) is 3.86. The topological polar surface area (TPSA) is 35.5 Å². The van der Waals surface area contributed by atoms with E-state index < -0.39 is 0 Å². The van der Waals surface area contributed by atoms with Crippen LogP contribution in [0.4, 0.5) is 0 Å². The molecule has 0 aliphatic carbocycles. The first-order chi connectivity index (χ1) is 5.20. The fourth-order valence-electron chi connectivity index (χ4n) is 0.823. The highest BCUT2D eigenvalue weighted by Crippen LogP contribution is 2.01. The van der Waals surface area contributed by atoms with Crippen molar-refractivity contribution in [2.75, 3.05) is 13.7 Å². The van der Waals surface area contributed by atoms with Crippen molar-refractivity contribution in [1.82, 2.24) is 0 Å². The predicted molar refractivity (Wildman–Crippen MR) is 42.3 cm³/mol. The van der Waals surface area contributed by atoms with Gasteiger partial charge in [-0.1, -0.05) is 6.92 Å². The molecule has 0 aliphatic rings. The maximum absolute atomic E-state index is 10.3. The van der Waals surface area contributed by atoms with Gasteiger partial charge in [-0.15, -0.1) is 0 Å². The molecule has 0 spiro atoms. The van der Waals surface area contributed by atoms with Crippen molar-refractivity contribution in [3.63, 3.8) is 0 Å². The molecule has 0 fully saturated rings. The van der Waals surface area contributed by atoms with E-state index in [1.54, 1.807) is 7.11 Å². The quantitative estimate of drug-likeness (QED) is 0.570. The molecule has 3 heteroatoms. The highest BCUT2D eigenvalue weighted by molar-refractivity contribution is 5.65. The van der Waals surface area contributed by atoms with Gasteiger partial charge in [-0.2, -0.15) is 0 Å². The van der Waals surface area contributed by atoms with Gasteiger partial charge in [0.2, 0.25) is 0 Å². The van der Waals surface area contributed by atoms with Gasteiger partial charge in [0.25, 0.3) is 0 Å². The Balaban J connectivity index is 3.28. The molecule has 0 N–H and O–H groups in total. The van der Waals surface area contributed by atoms with Crippen LogP contribution < -0.4 is 0 Å². The second kappa shape index (κ2) is 6.16. The number of esters is 1. The molecule has 3 nitrogen and oxygen atoms in total. The molecule has 66 valence electrons. The fraction of sp³-hybridized carbons (Fsp3) is 0.875. The number of hydrogen-bond donors (Lipinski definition) is 0. The van der Waals surface area contributed by atoms with Crippen LogP contribution in [0.3, 0.4) is 0 Å². The zero-order valence-corrected chi connectivity index (χ0v) is 7.42. The van der Waals surface area contributed by atoms with Crippen LogP contribution in [-0.4, -0.2) is 25.8 Å². The van der Waals surface area contributed by atoms with Crippen LogP contribution in [0.25, 0.3) is 0 Å². The van der Waals surface area contributed by atoms with Gasteiger partial charge in [0.15, 0.2) is 0 Å². The second-order valence-electron chi connectivity index (χ2n) is 2.39. The van der Waals surface area contributed by atoms with Crippen LogP contribution in [0.15, 0.2) is 0 Å². The minimum atomic E-state index is -0.226. The van der Waals surface area contributed by atoms with Gasteiger partial charge in [-0.05, 0) is 6.42 Å². The molecule has 0 heterocycles. The first-order valence-corrected chi connectivity index (χ1v) is 3.86. The van der Waals surface area contributed by atoms with Crippen molar-refractivity contribution in [3.8, 4) is 0 Å². The molecule has 0 rings (SSSR count). The molecule has 0 aliphatic heterocycles. The van der Waals surface area contributed by atoms with Gasteiger partial charge in [0, 0.05) is 20.5 Å². The monoisotopic (exact) mass is 160 g/mol. The summed E-state index contributed by atoms with van der Waals surface area (Å²) < 4.78 is 9.85. The van der Waals surface area contributed by atoms with Crippen LogP contribution in [0.5, 0.6) is 0 Å². The van der Waals surface area contributed by atoms with Crippen molar-refractivity contribution >= 4 is 5.97 Å². The summed E-state index contributed by atoms with van der Waals surface area (Å²) in [5.41, 5.74) is 0. The van der Waals surface area contributed by atoms with Crippen LogP contribution in [0.1, 0.15) is 26.7 Å². The third-order valence-corrected chi connectivity index (χ3v) is 1.53. The summed E-state index contributed by atoms with van der Waals surface area (Å²) in [6.45, 7) is 3.91. The predicted octanol–water partition coefficient (Wildman–Crippen LogP) is 1.36. The molecule has 0 bridgehead atoms. The summed E-state index contributed by atoms with van der Waals surface area (Å²) in [4.78, 5) is 10.3. The Bertz CT molecular complexity index is 108. The Kier molecular flexibility index (Phi) is 5.84. The van der Waals surface area contributed by atoms with Crippen LogP contribution >= 0.6 is 0 Å².